The Labute approximate surface area is 105 Å². The maximum atomic E-state index is 4.42. The average Bonchev–Trinajstić information content (AvgIpc) is 2.94. The molecule has 0 amide bonds. The summed E-state index contributed by atoms with van der Waals surface area (Å²) in [5, 5.41) is 6.58. The van der Waals surface area contributed by atoms with E-state index in [1.54, 1.807) is 31.0 Å². The second-order valence-corrected chi connectivity index (χ2v) is 4.15. The van der Waals surface area contributed by atoms with Gasteiger partial charge in [-0.15, -0.1) is 0 Å². The van der Waals surface area contributed by atoms with Gasteiger partial charge in [-0.25, -0.2) is 9.97 Å². The number of rotatable bonds is 3. The summed E-state index contributed by atoms with van der Waals surface area (Å²) in [7, 11) is 0. The van der Waals surface area contributed by atoms with Gasteiger partial charge in [0.15, 0.2) is 5.82 Å². The summed E-state index contributed by atoms with van der Waals surface area (Å²) in [6, 6.07) is 0.276. The van der Waals surface area contributed by atoms with Crippen LogP contribution >= 0.6 is 0 Å². The lowest BCUT2D eigenvalue weighted by Gasteiger charge is -2.14. The van der Waals surface area contributed by atoms with Gasteiger partial charge in [0, 0.05) is 24.8 Å². The van der Waals surface area contributed by atoms with Crippen molar-refractivity contribution in [2.24, 2.45) is 0 Å². The molecule has 0 radical (unpaired) electrons. The van der Waals surface area contributed by atoms with E-state index in [9.17, 15) is 0 Å². The summed E-state index contributed by atoms with van der Waals surface area (Å²) in [6.07, 6.45) is 10.6. The number of hydrogen-bond acceptors (Lipinski definition) is 6. The van der Waals surface area contributed by atoms with E-state index in [4.69, 9.17) is 0 Å². The summed E-state index contributed by atoms with van der Waals surface area (Å²) in [5.41, 5.74) is 0.945. The van der Waals surface area contributed by atoms with Gasteiger partial charge in [0.05, 0.1) is 17.9 Å². The Morgan fingerprint density at radius 1 is 1.11 bits per heavy atom. The van der Waals surface area contributed by atoms with Gasteiger partial charge in [-0.1, -0.05) is 0 Å². The van der Waals surface area contributed by atoms with Gasteiger partial charge in [0.2, 0.25) is 0 Å². The minimum Gasteiger partial charge on any atom is -0.322 e. The normalized spacial score (nSPS) is 18.8. The third-order valence-corrected chi connectivity index (χ3v) is 2.93. The Bertz CT molecular complexity index is 509. The highest BCUT2D eigenvalue weighted by atomic mass is 15.1. The predicted octanol–water partition coefficient (Wildman–Crippen LogP) is 1.43. The van der Waals surface area contributed by atoms with E-state index < -0.39 is 0 Å². The monoisotopic (exact) mass is 242 g/mol. The Morgan fingerprint density at radius 2 is 2.00 bits per heavy atom. The van der Waals surface area contributed by atoms with Gasteiger partial charge in [-0.05, 0) is 19.4 Å². The summed E-state index contributed by atoms with van der Waals surface area (Å²) >= 11 is 0. The standard InChI is InChI=1S/C12H14N6/c1-2-9(14-3-1)11-12(17-7-6-16-11)18-10-8-13-4-5-15-10/h4-9,14H,1-3H2,(H,15,17,18). The highest BCUT2D eigenvalue weighted by molar-refractivity contribution is 5.53. The van der Waals surface area contributed by atoms with Crippen LogP contribution in [0.15, 0.2) is 31.0 Å². The van der Waals surface area contributed by atoms with E-state index in [0.717, 1.165) is 24.5 Å². The number of nitrogens with zero attached hydrogens (tertiary/aromatic N) is 4. The first kappa shape index (κ1) is 11.0. The largest absolute Gasteiger partial charge is 0.322 e. The van der Waals surface area contributed by atoms with Gasteiger partial charge >= 0.3 is 0 Å². The number of aromatic nitrogens is 4. The molecule has 0 aliphatic carbocycles. The van der Waals surface area contributed by atoms with Crippen LogP contribution in [0.2, 0.25) is 0 Å². The molecule has 6 nitrogen and oxygen atoms in total. The molecule has 0 saturated carbocycles. The lowest BCUT2D eigenvalue weighted by Crippen LogP contribution is -2.16. The van der Waals surface area contributed by atoms with Crippen LogP contribution in [0, 0.1) is 0 Å². The van der Waals surface area contributed by atoms with Crippen molar-refractivity contribution in [1.82, 2.24) is 25.3 Å². The predicted molar refractivity (Wildman–Crippen MR) is 67.3 cm³/mol. The Hall–Kier alpha value is -2.08. The van der Waals surface area contributed by atoms with Crippen molar-refractivity contribution < 1.29 is 0 Å². The summed E-state index contributed by atoms with van der Waals surface area (Å²) < 4.78 is 0. The topological polar surface area (TPSA) is 75.6 Å². The van der Waals surface area contributed by atoms with Crippen LogP contribution in [-0.4, -0.2) is 26.5 Å². The highest BCUT2D eigenvalue weighted by Gasteiger charge is 2.21. The molecule has 0 spiro atoms. The molecular weight excluding hydrogens is 228 g/mol. The lowest BCUT2D eigenvalue weighted by atomic mass is 10.1. The molecule has 1 fully saturated rings. The molecule has 6 heteroatoms. The van der Waals surface area contributed by atoms with E-state index in [1.807, 2.05) is 0 Å². The van der Waals surface area contributed by atoms with Crippen LogP contribution in [0.3, 0.4) is 0 Å². The van der Waals surface area contributed by atoms with Crippen molar-refractivity contribution in [2.45, 2.75) is 18.9 Å². The van der Waals surface area contributed by atoms with Gasteiger partial charge in [0.25, 0.3) is 0 Å². The van der Waals surface area contributed by atoms with Gasteiger partial charge in [-0.2, -0.15) is 0 Å². The molecule has 0 bridgehead atoms. The molecule has 2 aromatic heterocycles. The second-order valence-electron chi connectivity index (χ2n) is 4.15. The van der Waals surface area contributed by atoms with Crippen molar-refractivity contribution in [2.75, 3.05) is 11.9 Å². The maximum absolute atomic E-state index is 4.42. The summed E-state index contributed by atoms with van der Waals surface area (Å²) in [6.45, 7) is 1.03. The highest BCUT2D eigenvalue weighted by Crippen LogP contribution is 2.26. The molecule has 1 unspecified atom stereocenters. The average molecular weight is 242 g/mol. The molecule has 1 aliphatic heterocycles. The lowest BCUT2D eigenvalue weighted by molar-refractivity contribution is 0.627. The molecule has 1 aliphatic rings. The van der Waals surface area contributed by atoms with E-state index in [-0.39, 0.29) is 6.04 Å². The minimum absolute atomic E-state index is 0.276. The Kier molecular flexibility index (Phi) is 3.10. The smallest absolute Gasteiger partial charge is 0.154 e. The van der Waals surface area contributed by atoms with Crippen molar-refractivity contribution in [3.8, 4) is 0 Å². The molecule has 2 N–H and O–H groups in total. The van der Waals surface area contributed by atoms with Gasteiger partial charge in [-0.3, -0.25) is 9.97 Å². The van der Waals surface area contributed by atoms with Crippen LogP contribution in [0.1, 0.15) is 24.6 Å². The molecule has 0 aromatic carbocycles. The number of nitrogens with one attached hydrogen (secondary N) is 2. The van der Waals surface area contributed by atoms with Crippen LogP contribution in [0.5, 0.6) is 0 Å². The Balaban J connectivity index is 1.87. The first-order valence-corrected chi connectivity index (χ1v) is 6.01. The van der Waals surface area contributed by atoms with E-state index in [1.165, 1.54) is 6.42 Å². The maximum Gasteiger partial charge on any atom is 0.154 e. The fourth-order valence-corrected chi connectivity index (χ4v) is 2.10. The molecule has 3 rings (SSSR count). The van der Waals surface area contributed by atoms with Crippen LogP contribution in [-0.2, 0) is 0 Å². The van der Waals surface area contributed by atoms with Crippen LogP contribution < -0.4 is 10.6 Å². The molecular formula is C12H14N6. The van der Waals surface area contributed by atoms with Gasteiger partial charge in [0.1, 0.15) is 5.82 Å². The van der Waals surface area contributed by atoms with Crippen molar-refractivity contribution >= 4 is 11.6 Å². The fourth-order valence-electron chi connectivity index (χ4n) is 2.10. The van der Waals surface area contributed by atoms with Crippen molar-refractivity contribution in [3.05, 3.63) is 36.7 Å². The number of hydrogen-bond donors (Lipinski definition) is 2. The fraction of sp³-hybridized carbons (Fsp3) is 0.333. The molecule has 92 valence electrons. The van der Waals surface area contributed by atoms with Crippen molar-refractivity contribution in [3.63, 3.8) is 0 Å². The van der Waals surface area contributed by atoms with E-state index in [0.29, 0.717) is 5.82 Å². The molecule has 1 saturated heterocycles. The second kappa shape index (κ2) is 5.05. The molecule has 2 aromatic rings. The van der Waals surface area contributed by atoms with Crippen LogP contribution in [0.25, 0.3) is 0 Å². The summed E-state index contributed by atoms with van der Waals surface area (Å²) in [4.78, 5) is 17.0. The van der Waals surface area contributed by atoms with E-state index in [2.05, 4.69) is 30.6 Å². The zero-order valence-corrected chi connectivity index (χ0v) is 9.87. The Morgan fingerprint density at radius 3 is 2.78 bits per heavy atom. The minimum atomic E-state index is 0.276. The molecule has 1 atom stereocenters. The molecule has 18 heavy (non-hydrogen) atoms. The molecule has 3 heterocycles. The summed E-state index contributed by atoms with van der Waals surface area (Å²) in [5.74, 6) is 1.43. The van der Waals surface area contributed by atoms with Gasteiger partial charge < -0.3 is 10.6 Å². The quantitative estimate of drug-likeness (QED) is 0.848. The number of anilines is 2. The first-order valence-electron chi connectivity index (χ1n) is 6.01. The third-order valence-electron chi connectivity index (χ3n) is 2.93. The van der Waals surface area contributed by atoms with Crippen LogP contribution in [0.4, 0.5) is 11.6 Å². The first-order chi connectivity index (χ1) is 8.93. The zero-order valence-electron chi connectivity index (χ0n) is 9.87. The van der Waals surface area contributed by atoms with Crippen molar-refractivity contribution in [1.29, 1.82) is 0 Å². The zero-order chi connectivity index (χ0) is 12.2. The third kappa shape index (κ3) is 2.28. The SMILES string of the molecule is c1cnc(Nc2nccnc2C2CCCN2)cn1. The van der Waals surface area contributed by atoms with E-state index >= 15 is 0 Å².